The topological polar surface area (TPSA) is 52.6 Å². The van der Waals surface area contributed by atoms with Crippen molar-refractivity contribution >= 4 is 5.91 Å². The molecule has 1 aromatic rings. The van der Waals surface area contributed by atoms with Crippen LogP contribution >= 0.6 is 0 Å². The van der Waals surface area contributed by atoms with E-state index in [1.807, 2.05) is 6.07 Å². The lowest BCUT2D eigenvalue weighted by Gasteiger charge is -2.29. The number of nitrogens with one attached hydrogen (secondary N) is 1. The molecule has 1 amide bonds. The van der Waals surface area contributed by atoms with Crippen LogP contribution in [0.25, 0.3) is 0 Å². The molecule has 0 atom stereocenters. The van der Waals surface area contributed by atoms with Gasteiger partial charge in [-0.1, -0.05) is 44.2 Å². The molecule has 24 heavy (non-hydrogen) atoms. The molecule has 0 aromatic heterocycles. The van der Waals surface area contributed by atoms with Gasteiger partial charge in [0.2, 0.25) is 5.91 Å². The first-order valence-corrected chi connectivity index (χ1v) is 9.20. The Balaban J connectivity index is 1.60. The second kappa shape index (κ2) is 9.19. The number of aliphatic hydroxyl groups is 1. The van der Waals surface area contributed by atoms with Gasteiger partial charge in [-0.05, 0) is 43.2 Å². The van der Waals surface area contributed by atoms with Crippen molar-refractivity contribution in [1.29, 1.82) is 0 Å². The molecule has 0 unspecified atom stereocenters. The first-order valence-electron chi connectivity index (χ1n) is 9.20. The molecule has 1 saturated heterocycles. The number of rotatable bonds is 8. The Hall–Kier alpha value is -1.39. The molecule has 0 aliphatic carbocycles. The van der Waals surface area contributed by atoms with Gasteiger partial charge >= 0.3 is 0 Å². The van der Waals surface area contributed by atoms with Gasteiger partial charge in [-0.25, -0.2) is 0 Å². The van der Waals surface area contributed by atoms with Crippen molar-refractivity contribution in [2.45, 2.75) is 57.5 Å². The normalized spacial score (nSPS) is 17.0. The molecule has 1 aliphatic rings. The van der Waals surface area contributed by atoms with E-state index in [0.717, 1.165) is 51.9 Å². The summed E-state index contributed by atoms with van der Waals surface area (Å²) in [6.45, 7) is 8.08. The molecule has 0 saturated carbocycles. The van der Waals surface area contributed by atoms with E-state index in [9.17, 15) is 9.90 Å². The monoisotopic (exact) mass is 332 g/mol. The molecule has 4 nitrogen and oxygen atoms in total. The highest BCUT2D eigenvalue weighted by atomic mass is 16.3. The van der Waals surface area contributed by atoms with E-state index in [0.29, 0.717) is 6.42 Å². The molecule has 0 radical (unpaired) electrons. The van der Waals surface area contributed by atoms with Crippen LogP contribution in [0.2, 0.25) is 0 Å². The van der Waals surface area contributed by atoms with Gasteiger partial charge in [0.25, 0.3) is 0 Å². The number of likely N-dealkylation sites (tertiary alicyclic amines) is 1. The van der Waals surface area contributed by atoms with E-state index >= 15 is 0 Å². The van der Waals surface area contributed by atoms with Crippen LogP contribution in [0.4, 0.5) is 0 Å². The van der Waals surface area contributed by atoms with Crippen LogP contribution in [0, 0.1) is 0 Å². The molecule has 0 spiro atoms. The number of benzene rings is 1. The number of hydrogen-bond acceptors (Lipinski definition) is 3. The van der Waals surface area contributed by atoms with E-state index in [1.54, 1.807) is 0 Å². The summed E-state index contributed by atoms with van der Waals surface area (Å²) in [6.07, 6.45) is 4.03. The van der Waals surface area contributed by atoms with Gasteiger partial charge in [0.1, 0.15) is 0 Å². The lowest BCUT2D eigenvalue weighted by Crippen LogP contribution is -2.37. The van der Waals surface area contributed by atoms with Crippen molar-refractivity contribution in [2.24, 2.45) is 0 Å². The third kappa shape index (κ3) is 6.25. The zero-order valence-electron chi connectivity index (χ0n) is 15.1. The molecule has 2 N–H and O–H groups in total. The maximum absolute atomic E-state index is 12.1. The minimum Gasteiger partial charge on any atom is -0.393 e. The van der Waals surface area contributed by atoms with Crippen molar-refractivity contribution in [2.75, 3.05) is 26.2 Å². The fourth-order valence-electron chi connectivity index (χ4n) is 3.22. The Morgan fingerprint density at radius 1 is 1.25 bits per heavy atom. The van der Waals surface area contributed by atoms with Crippen molar-refractivity contribution in [3.63, 3.8) is 0 Å². The van der Waals surface area contributed by atoms with Crippen LogP contribution < -0.4 is 5.32 Å². The van der Waals surface area contributed by atoms with Crippen LogP contribution in [0.1, 0.15) is 51.5 Å². The smallest absolute Gasteiger partial charge is 0.220 e. The average molecular weight is 332 g/mol. The maximum atomic E-state index is 12.1. The van der Waals surface area contributed by atoms with Gasteiger partial charge < -0.3 is 15.3 Å². The van der Waals surface area contributed by atoms with E-state index < -0.39 is 0 Å². The summed E-state index contributed by atoms with van der Waals surface area (Å²) < 4.78 is 0. The van der Waals surface area contributed by atoms with Crippen LogP contribution in [0.5, 0.6) is 0 Å². The molecule has 1 fully saturated rings. The number of piperidine rings is 1. The maximum Gasteiger partial charge on any atom is 0.220 e. The van der Waals surface area contributed by atoms with Crippen LogP contribution in [0.3, 0.4) is 0 Å². The molecule has 4 heteroatoms. The van der Waals surface area contributed by atoms with Crippen LogP contribution in [0.15, 0.2) is 30.3 Å². The SMILES string of the molecule is CC(C)(CCC(=O)NCCCN1CCC(O)CC1)c1ccccc1. The first kappa shape index (κ1) is 18.9. The summed E-state index contributed by atoms with van der Waals surface area (Å²) in [6, 6.07) is 10.4. The zero-order chi connectivity index (χ0) is 17.4. The quantitative estimate of drug-likeness (QED) is 0.720. The molecule has 2 rings (SSSR count). The summed E-state index contributed by atoms with van der Waals surface area (Å²) in [5.41, 5.74) is 1.30. The van der Waals surface area contributed by atoms with Gasteiger partial charge in [0.15, 0.2) is 0 Å². The summed E-state index contributed by atoms with van der Waals surface area (Å²) >= 11 is 0. The molecular formula is C20H32N2O2. The van der Waals surface area contributed by atoms with E-state index in [4.69, 9.17) is 0 Å². The molecule has 1 heterocycles. The van der Waals surface area contributed by atoms with Crippen molar-refractivity contribution in [3.05, 3.63) is 35.9 Å². The summed E-state index contributed by atoms with van der Waals surface area (Å²) in [4.78, 5) is 14.4. The van der Waals surface area contributed by atoms with Crippen LogP contribution in [-0.2, 0) is 10.2 Å². The lowest BCUT2D eigenvalue weighted by molar-refractivity contribution is -0.121. The number of nitrogens with zero attached hydrogens (tertiary/aromatic N) is 1. The highest BCUT2D eigenvalue weighted by molar-refractivity contribution is 5.75. The summed E-state index contributed by atoms with van der Waals surface area (Å²) in [5.74, 6) is 0.146. The van der Waals surface area contributed by atoms with Crippen molar-refractivity contribution in [1.82, 2.24) is 10.2 Å². The van der Waals surface area contributed by atoms with Gasteiger partial charge in [-0.3, -0.25) is 4.79 Å². The predicted octanol–water partition coefficient (Wildman–Crippen LogP) is 2.71. The largest absolute Gasteiger partial charge is 0.393 e. The molecule has 1 aromatic carbocycles. The number of carbonyl (C=O) groups is 1. The lowest BCUT2D eigenvalue weighted by atomic mass is 9.80. The van der Waals surface area contributed by atoms with Crippen LogP contribution in [-0.4, -0.2) is 48.2 Å². The minimum absolute atomic E-state index is 0.0211. The Bertz CT molecular complexity index is 494. The van der Waals surface area contributed by atoms with Crippen molar-refractivity contribution < 1.29 is 9.90 Å². The number of amides is 1. The standard InChI is InChI=1S/C20H32N2O2/c1-20(2,17-7-4-3-5-8-17)12-9-19(24)21-13-6-14-22-15-10-18(23)11-16-22/h3-5,7-8,18,23H,6,9-16H2,1-2H3,(H,21,24). The zero-order valence-corrected chi connectivity index (χ0v) is 15.1. The van der Waals surface area contributed by atoms with Gasteiger partial charge in [-0.15, -0.1) is 0 Å². The molecular weight excluding hydrogens is 300 g/mol. The number of hydrogen-bond donors (Lipinski definition) is 2. The fourth-order valence-corrected chi connectivity index (χ4v) is 3.22. The average Bonchev–Trinajstić information content (AvgIpc) is 2.59. The Labute approximate surface area is 146 Å². The summed E-state index contributed by atoms with van der Waals surface area (Å²) in [7, 11) is 0. The van der Waals surface area contributed by atoms with E-state index in [-0.39, 0.29) is 17.4 Å². The predicted molar refractivity (Wildman–Crippen MR) is 98.0 cm³/mol. The van der Waals surface area contributed by atoms with E-state index in [2.05, 4.69) is 48.3 Å². The van der Waals surface area contributed by atoms with Crippen molar-refractivity contribution in [3.8, 4) is 0 Å². The highest BCUT2D eigenvalue weighted by Crippen LogP contribution is 2.27. The third-order valence-electron chi connectivity index (χ3n) is 5.06. The minimum atomic E-state index is -0.117. The van der Waals surface area contributed by atoms with Gasteiger partial charge in [-0.2, -0.15) is 0 Å². The highest BCUT2D eigenvalue weighted by Gasteiger charge is 2.21. The first-order chi connectivity index (χ1) is 11.5. The molecule has 1 aliphatic heterocycles. The van der Waals surface area contributed by atoms with Gasteiger partial charge in [0.05, 0.1) is 6.10 Å². The second-order valence-corrected chi connectivity index (χ2v) is 7.53. The van der Waals surface area contributed by atoms with Gasteiger partial charge in [0, 0.05) is 26.1 Å². The fraction of sp³-hybridized carbons (Fsp3) is 0.650. The number of aliphatic hydroxyl groups excluding tert-OH is 1. The number of carbonyl (C=O) groups excluding carboxylic acids is 1. The third-order valence-corrected chi connectivity index (χ3v) is 5.06. The Kier molecular flexibility index (Phi) is 7.25. The molecule has 134 valence electrons. The second-order valence-electron chi connectivity index (χ2n) is 7.53. The molecule has 0 bridgehead atoms. The summed E-state index contributed by atoms with van der Waals surface area (Å²) in [5, 5.41) is 12.5. The Morgan fingerprint density at radius 3 is 2.58 bits per heavy atom. The van der Waals surface area contributed by atoms with E-state index in [1.165, 1.54) is 5.56 Å². The Morgan fingerprint density at radius 2 is 1.92 bits per heavy atom.